The highest BCUT2D eigenvalue weighted by Crippen LogP contribution is 2.14. The van der Waals surface area contributed by atoms with Gasteiger partial charge >= 0.3 is 0 Å². The monoisotopic (exact) mass is 398 g/mol. The van der Waals surface area contributed by atoms with Crippen molar-refractivity contribution in [1.29, 1.82) is 0 Å². The molecule has 0 atom stereocenters. The molecule has 0 fully saturated rings. The van der Waals surface area contributed by atoms with Crippen LogP contribution in [-0.4, -0.2) is 15.3 Å². The van der Waals surface area contributed by atoms with Crippen LogP contribution in [0.25, 0.3) is 0 Å². The zero-order chi connectivity index (χ0) is 15.6. The van der Waals surface area contributed by atoms with Gasteiger partial charge in [0.05, 0.1) is 17.7 Å². The molecule has 0 aliphatic rings. The summed E-state index contributed by atoms with van der Waals surface area (Å²) in [4.78, 5) is 34.2. The summed E-state index contributed by atoms with van der Waals surface area (Å²) >= 11 is 2.12. The predicted molar refractivity (Wildman–Crippen MR) is 85.6 cm³/mol. The molecule has 0 radical (unpaired) electrons. The number of rotatable bonds is 4. The molecule has 0 spiro atoms. The number of benzene rings is 1. The molecule has 0 N–H and O–H groups in total. The highest BCUT2D eigenvalue weighted by Gasteiger charge is 2.15. The topological polar surface area (TPSA) is 82.2 Å². The van der Waals surface area contributed by atoms with E-state index in [1.165, 1.54) is 13.0 Å². The summed E-state index contributed by atoms with van der Waals surface area (Å²) in [6.45, 7) is 1.27. The molecule has 108 valence electrons. The maximum absolute atomic E-state index is 12.1. The van der Waals surface area contributed by atoms with E-state index in [-0.39, 0.29) is 23.6 Å². The second-order valence-electron chi connectivity index (χ2n) is 4.50. The summed E-state index contributed by atoms with van der Waals surface area (Å²) in [6.07, 6.45) is 1.11. The second-order valence-corrected chi connectivity index (χ2v) is 5.74. The average Bonchev–Trinajstić information content (AvgIpc) is 2.42. The SMILES string of the molecule is Cc1cc(=O)n(CC(=O)c2ccc(I)cc2)cc1[N+](=O)[O-]. The van der Waals surface area contributed by atoms with Crippen molar-refractivity contribution < 1.29 is 9.72 Å². The molecule has 0 unspecified atom stereocenters. The number of carbonyl (C=O) groups is 1. The van der Waals surface area contributed by atoms with Crippen LogP contribution in [0.3, 0.4) is 0 Å². The molecule has 0 aliphatic carbocycles. The number of ketones is 1. The first-order valence-corrected chi connectivity index (χ1v) is 7.10. The van der Waals surface area contributed by atoms with Gasteiger partial charge in [-0.25, -0.2) is 0 Å². The third-order valence-electron chi connectivity index (χ3n) is 2.98. The number of nitrogens with zero attached hydrogens (tertiary/aromatic N) is 2. The highest BCUT2D eigenvalue weighted by atomic mass is 127. The fraction of sp³-hybridized carbons (Fsp3) is 0.143. The van der Waals surface area contributed by atoms with Gasteiger partial charge in [0.25, 0.3) is 11.2 Å². The van der Waals surface area contributed by atoms with E-state index in [2.05, 4.69) is 22.6 Å². The van der Waals surface area contributed by atoms with Crippen molar-refractivity contribution in [3.05, 3.63) is 71.7 Å². The van der Waals surface area contributed by atoms with Crippen molar-refractivity contribution in [2.24, 2.45) is 0 Å². The summed E-state index contributed by atoms with van der Waals surface area (Å²) in [5.41, 5.74) is 0.135. The zero-order valence-corrected chi connectivity index (χ0v) is 13.2. The third-order valence-corrected chi connectivity index (χ3v) is 3.70. The fourth-order valence-corrected chi connectivity index (χ4v) is 2.21. The van der Waals surface area contributed by atoms with Crippen molar-refractivity contribution in [3.63, 3.8) is 0 Å². The predicted octanol–water partition coefficient (Wildman–Crippen LogP) is 2.55. The Morgan fingerprint density at radius 2 is 1.95 bits per heavy atom. The van der Waals surface area contributed by atoms with Crippen LogP contribution in [0.5, 0.6) is 0 Å². The van der Waals surface area contributed by atoms with Gasteiger partial charge in [-0.05, 0) is 41.6 Å². The number of carbonyl (C=O) groups excluding carboxylic acids is 1. The first kappa shape index (κ1) is 15.4. The standard InChI is InChI=1S/C14H11IN2O4/c1-9-6-14(19)16(7-12(9)17(20)21)8-13(18)10-2-4-11(15)5-3-10/h2-7H,8H2,1H3. The van der Waals surface area contributed by atoms with Gasteiger partial charge < -0.3 is 4.57 Å². The first-order chi connectivity index (χ1) is 9.88. The number of hydrogen-bond donors (Lipinski definition) is 0. The van der Waals surface area contributed by atoms with E-state index >= 15 is 0 Å². The van der Waals surface area contributed by atoms with Gasteiger partial charge in [-0.15, -0.1) is 0 Å². The molecule has 1 heterocycles. The van der Waals surface area contributed by atoms with Gasteiger partial charge in [0.2, 0.25) is 0 Å². The molecular formula is C14H11IN2O4. The number of halogens is 1. The quantitative estimate of drug-likeness (QED) is 0.343. The molecule has 1 aromatic heterocycles. The summed E-state index contributed by atoms with van der Waals surface area (Å²) in [7, 11) is 0. The Hall–Kier alpha value is -2.03. The Balaban J connectivity index is 2.33. The normalized spacial score (nSPS) is 10.4. The van der Waals surface area contributed by atoms with Gasteiger partial charge in [0.1, 0.15) is 0 Å². The minimum absolute atomic E-state index is 0.176. The van der Waals surface area contributed by atoms with E-state index < -0.39 is 10.5 Å². The Kier molecular flexibility index (Phi) is 4.51. The third kappa shape index (κ3) is 3.54. The molecule has 0 amide bonds. The fourth-order valence-electron chi connectivity index (χ4n) is 1.85. The summed E-state index contributed by atoms with van der Waals surface area (Å²) in [6, 6.07) is 8.07. The lowest BCUT2D eigenvalue weighted by atomic mass is 10.1. The van der Waals surface area contributed by atoms with Crippen LogP contribution in [0.1, 0.15) is 15.9 Å². The van der Waals surface area contributed by atoms with Crippen LogP contribution >= 0.6 is 22.6 Å². The van der Waals surface area contributed by atoms with Crippen LogP contribution in [0.4, 0.5) is 5.69 Å². The van der Waals surface area contributed by atoms with Crippen molar-refractivity contribution in [3.8, 4) is 0 Å². The van der Waals surface area contributed by atoms with Crippen molar-refractivity contribution >= 4 is 34.1 Å². The molecule has 2 rings (SSSR count). The number of aromatic nitrogens is 1. The summed E-state index contributed by atoms with van der Waals surface area (Å²) in [5, 5.41) is 10.9. The van der Waals surface area contributed by atoms with Crippen LogP contribution in [-0.2, 0) is 6.54 Å². The van der Waals surface area contributed by atoms with Gasteiger partial charge in [0, 0.05) is 20.8 Å². The highest BCUT2D eigenvalue weighted by molar-refractivity contribution is 14.1. The maximum atomic E-state index is 12.1. The molecule has 0 saturated heterocycles. The number of hydrogen-bond acceptors (Lipinski definition) is 4. The molecule has 0 saturated carbocycles. The molecule has 6 nitrogen and oxygen atoms in total. The summed E-state index contributed by atoms with van der Waals surface area (Å²) in [5.74, 6) is -0.272. The molecule has 2 aromatic rings. The number of nitro groups is 1. The van der Waals surface area contributed by atoms with Gasteiger partial charge in [0.15, 0.2) is 5.78 Å². The Morgan fingerprint density at radius 3 is 2.52 bits per heavy atom. The first-order valence-electron chi connectivity index (χ1n) is 6.02. The van der Waals surface area contributed by atoms with E-state index in [0.29, 0.717) is 5.56 Å². The molecular weight excluding hydrogens is 387 g/mol. The number of pyridine rings is 1. The number of Topliss-reactive ketones (excluding diaryl/α,β-unsaturated/α-hetero) is 1. The molecule has 0 aliphatic heterocycles. The largest absolute Gasteiger partial charge is 0.301 e. The van der Waals surface area contributed by atoms with Crippen LogP contribution in [0.2, 0.25) is 0 Å². The van der Waals surface area contributed by atoms with Crippen molar-refractivity contribution in [2.75, 3.05) is 0 Å². The van der Waals surface area contributed by atoms with E-state index in [4.69, 9.17) is 0 Å². The lowest BCUT2D eigenvalue weighted by Crippen LogP contribution is -2.24. The lowest BCUT2D eigenvalue weighted by molar-refractivity contribution is -0.385. The van der Waals surface area contributed by atoms with Crippen molar-refractivity contribution in [1.82, 2.24) is 4.57 Å². The Morgan fingerprint density at radius 1 is 1.33 bits per heavy atom. The lowest BCUT2D eigenvalue weighted by Gasteiger charge is -2.06. The molecule has 21 heavy (non-hydrogen) atoms. The van der Waals surface area contributed by atoms with E-state index in [1.54, 1.807) is 24.3 Å². The molecule has 7 heteroatoms. The smallest absolute Gasteiger partial charge is 0.288 e. The van der Waals surface area contributed by atoms with E-state index in [1.807, 2.05) is 0 Å². The molecule has 1 aromatic carbocycles. The minimum atomic E-state index is -0.569. The summed E-state index contributed by atoms with van der Waals surface area (Å²) < 4.78 is 2.05. The number of aryl methyl sites for hydroxylation is 1. The minimum Gasteiger partial charge on any atom is -0.301 e. The van der Waals surface area contributed by atoms with Crippen LogP contribution in [0, 0.1) is 20.6 Å². The molecule has 0 bridgehead atoms. The van der Waals surface area contributed by atoms with E-state index in [9.17, 15) is 19.7 Å². The van der Waals surface area contributed by atoms with Crippen molar-refractivity contribution in [2.45, 2.75) is 13.5 Å². The zero-order valence-electron chi connectivity index (χ0n) is 11.1. The van der Waals surface area contributed by atoms with Crippen LogP contribution < -0.4 is 5.56 Å². The van der Waals surface area contributed by atoms with Gasteiger partial charge in [-0.1, -0.05) is 12.1 Å². The Bertz CT molecular complexity index is 766. The Labute approximate surface area is 133 Å². The van der Waals surface area contributed by atoms with E-state index in [0.717, 1.165) is 14.3 Å². The van der Waals surface area contributed by atoms with Gasteiger partial charge in [-0.3, -0.25) is 19.7 Å². The van der Waals surface area contributed by atoms with Gasteiger partial charge in [-0.2, -0.15) is 0 Å². The van der Waals surface area contributed by atoms with Crippen LogP contribution in [0.15, 0.2) is 41.3 Å². The second kappa shape index (κ2) is 6.17. The maximum Gasteiger partial charge on any atom is 0.288 e. The average molecular weight is 398 g/mol.